The molecule has 1 saturated heterocycles. The number of halogens is 1. The number of aromatic nitrogens is 1. The summed E-state index contributed by atoms with van der Waals surface area (Å²) in [6, 6.07) is 22.3. The van der Waals surface area contributed by atoms with E-state index >= 15 is 0 Å². The van der Waals surface area contributed by atoms with E-state index in [9.17, 15) is 14.4 Å². The van der Waals surface area contributed by atoms with E-state index in [2.05, 4.69) is 4.57 Å². The third-order valence-corrected chi connectivity index (χ3v) is 7.09. The number of ether oxygens (including phenoxy) is 1. The molecule has 0 radical (unpaired) electrons. The first-order valence-electron chi connectivity index (χ1n) is 11.2. The van der Waals surface area contributed by atoms with Gasteiger partial charge in [-0.2, -0.15) is 0 Å². The maximum atomic E-state index is 13.1. The molecule has 0 spiro atoms. The molecule has 180 valence electrons. The van der Waals surface area contributed by atoms with Crippen molar-refractivity contribution in [3.8, 4) is 0 Å². The lowest BCUT2D eigenvalue weighted by Crippen LogP contribution is -2.27. The second-order valence-corrected chi connectivity index (χ2v) is 9.75. The molecule has 8 heteroatoms. The molecule has 3 aromatic carbocycles. The van der Waals surface area contributed by atoms with E-state index < -0.39 is 0 Å². The van der Waals surface area contributed by atoms with Gasteiger partial charge in [0.1, 0.15) is 0 Å². The van der Waals surface area contributed by atoms with Gasteiger partial charge in [-0.3, -0.25) is 14.5 Å². The minimum Gasteiger partial charge on any atom is -0.465 e. The third kappa shape index (κ3) is 4.80. The topological polar surface area (TPSA) is 68.6 Å². The molecule has 36 heavy (non-hydrogen) atoms. The van der Waals surface area contributed by atoms with Crippen molar-refractivity contribution in [2.24, 2.45) is 0 Å². The Bertz CT molecular complexity index is 1520. The lowest BCUT2D eigenvalue weighted by Gasteiger charge is -2.12. The Labute approximate surface area is 217 Å². The van der Waals surface area contributed by atoms with Gasteiger partial charge in [0.25, 0.3) is 11.1 Å². The number of carbonyl (C=O) groups excluding carboxylic acids is 3. The summed E-state index contributed by atoms with van der Waals surface area (Å²) >= 11 is 6.89. The fourth-order valence-electron chi connectivity index (χ4n) is 4.18. The Morgan fingerprint density at radius 2 is 1.75 bits per heavy atom. The first-order chi connectivity index (χ1) is 17.4. The molecule has 0 unspecified atom stereocenters. The largest absolute Gasteiger partial charge is 0.465 e. The number of fused-ring (bicyclic) bond motifs is 1. The van der Waals surface area contributed by atoms with Crippen molar-refractivity contribution in [3.05, 3.63) is 111 Å². The van der Waals surface area contributed by atoms with Crippen LogP contribution in [0.4, 0.5) is 4.79 Å². The lowest BCUT2D eigenvalue weighted by molar-refractivity contribution is -0.123. The molecule has 0 aliphatic carbocycles. The van der Waals surface area contributed by atoms with E-state index in [0.29, 0.717) is 22.0 Å². The number of esters is 1. The molecule has 0 saturated carbocycles. The van der Waals surface area contributed by atoms with Crippen LogP contribution < -0.4 is 0 Å². The molecule has 0 atom stereocenters. The zero-order chi connectivity index (χ0) is 25.2. The van der Waals surface area contributed by atoms with Gasteiger partial charge in [0.2, 0.25) is 0 Å². The number of imide groups is 1. The van der Waals surface area contributed by atoms with Gasteiger partial charge in [-0.25, -0.2) is 4.79 Å². The maximum absolute atomic E-state index is 13.1. The van der Waals surface area contributed by atoms with Gasteiger partial charge in [-0.05, 0) is 59.3 Å². The predicted octanol–water partition coefficient (Wildman–Crippen LogP) is 6.37. The van der Waals surface area contributed by atoms with Gasteiger partial charge in [0.05, 0.1) is 24.1 Å². The summed E-state index contributed by atoms with van der Waals surface area (Å²) in [4.78, 5) is 39.3. The summed E-state index contributed by atoms with van der Waals surface area (Å²) in [5.41, 5.74) is 4.07. The number of methoxy groups -OCH3 is 1. The smallest absolute Gasteiger partial charge is 0.337 e. The number of hydrogen-bond acceptors (Lipinski definition) is 5. The molecular formula is C28H21ClN2O4S. The van der Waals surface area contributed by atoms with Crippen molar-refractivity contribution in [2.75, 3.05) is 7.11 Å². The molecule has 1 aliphatic heterocycles. The van der Waals surface area contributed by atoms with E-state index in [1.165, 1.54) is 12.0 Å². The molecule has 2 amide bonds. The molecular weight excluding hydrogens is 496 g/mol. The summed E-state index contributed by atoms with van der Waals surface area (Å²) in [5.74, 6) is -0.702. The average Bonchev–Trinajstić information content (AvgIpc) is 3.36. The molecule has 1 aliphatic rings. The van der Waals surface area contributed by atoms with Crippen LogP contribution in [0.5, 0.6) is 0 Å². The number of hydrogen-bond donors (Lipinski definition) is 0. The first-order valence-corrected chi connectivity index (χ1v) is 12.4. The normalized spacial score (nSPS) is 14.7. The lowest BCUT2D eigenvalue weighted by atomic mass is 10.1. The fourth-order valence-corrected chi connectivity index (χ4v) is 5.14. The molecule has 4 aromatic rings. The van der Waals surface area contributed by atoms with E-state index in [4.69, 9.17) is 16.3 Å². The van der Waals surface area contributed by atoms with Gasteiger partial charge in [-0.1, -0.05) is 54.1 Å². The van der Waals surface area contributed by atoms with Gasteiger partial charge < -0.3 is 9.30 Å². The van der Waals surface area contributed by atoms with Crippen LogP contribution in [0.1, 0.15) is 27.0 Å². The second-order valence-electron chi connectivity index (χ2n) is 8.32. The zero-order valence-corrected chi connectivity index (χ0v) is 20.9. The summed E-state index contributed by atoms with van der Waals surface area (Å²) in [7, 11) is 1.36. The molecule has 0 N–H and O–H groups in total. The van der Waals surface area contributed by atoms with Crippen molar-refractivity contribution in [3.63, 3.8) is 0 Å². The predicted molar refractivity (Wildman–Crippen MR) is 142 cm³/mol. The van der Waals surface area contributed by atoms with Crippen LogP contribution in [-0.2, 0) is 22.6 Å². The minimum absolute atomic E-state index is 0.192. The molecule has 6 nitrogen and oxygen atoms in total. The van der Waals surface area contributed by atoms with Crippen molar-refractivity contribution in [1.29, 1.82) is 0 Å². The maximum Gasteiger partial charge on any atom is 0.337 e. The van der Waals surface area contributed by atoms with Crippen LogP contribution in [0, 0.1) is 0 Å². The van der Waals surface area contributed by atoms with Crippen LogP contribution in [0.15, 0.2) is 83.9 Å². The van der Waals surface area contributed by atoms with E-state index in [1.807, 2.05) is 48.7 Å². The highest BCUT2D eigenvalue weighted by Crippen LogP contribution is 2.35. The molecule has 0 bridgehead atoms. The van der Waals surface area contributed by atoms with Crippen LogP contribution in [-0.4, -0.2) is 33.7 Å². The number of thioether (sulfide) groups is 1. The number of amides is 2. The summed E-state index contributed by atoms with van der Waals surface area (Å²) in [6.07, 6.45) is 3.74. The Kier molecular flexibility index (Phi) is 6.67. The monoisotopic (exact) mass is 516 g/mol. The van der Waals surface area contributed by atoms with E-state index in [1.54, 1.807) is 36.4 Å². The van der Waals surface area contributed by atoms with Gasteiger partial charge in [0, 0.05) is 34.2 Å². The SMILES string of the molecule is COC(=O)c1cccc(Cn2cc(/C=C3\SC(=O)N(Cc4ccc(Cl)cc4)C3=O)c3ccccc32)c1. The van der Waals surface area contributed by atoms with E-state index in [0.717, 1.165) is 39.4 Å². The van der Waals surface area contributed by atoms with Crippen molar-refractivity contribution >= 4 is 57.5 Å². The number of benzene rings is 3. The van der Waals surface area contributed by atoms with Crippen LogP contribution in [0.25, 0.3) is 17.0 Å². The number of nitrogens with zero attached hydrogens (tertiary/aromatic N) is 2. The first kappa shape index (κ1) is 23.9. The Balaban J connectivity index is 1.44. The minimum atomic E-state index is -0.385. The number of carbonyl (C=O) groups is 3. The molecule has 5 rings (SSSR count). The van der Waals surface area contributed by atoms with Gasteiger partial charge >= 0.3 is 5.97 Å². The zero-order valence-electron chi connectivity index (χ0n) is 19.3. The second kappa shape index (κ2) is 10.0. The molecule has 1 fully saturated rings. The standard InChI is InChI=1S/C28H21ClN2O4S/c1-35-27(33)20-6-4-5-19(13-20)15-30-17-21(23-7-2-3-8-24(23)30)14-25-26(32)31(28(34)36-25)16-18-9-11-22(29)12-10-18/h2-14,17H,15-16H2,1H3/b25-14-. The van der Waals surface area contributed by atoms with Crippen molar-refractivity contribution in [1.82, 2.24) is 9.47 Å². The molecule has 2 heterocycles. The highest BCUT2D eigenvalue weighted by Gasteiger charge is 2.35. The number of para-hydroxylation sites is 1. The summed E-state index contributed by atoms with van der Waals surface area (Å²) in [5, 5.41) is 1.26. The molecule has 1 aromatic heterocycles. The van der Waals surface area contributed by atoms with Crippen molar-refractivity contribution in [2.45, 2.75) is 13.1 Å². The highest BCUT2D eigenvalue weighted by atomic mass is 35.5. The van der Waals surface area contributed by atoms with Gasteiger partial charge in [-0.15, -0.1) is 0 Å². The third-order valence-electron chi connectivity index (χ3n) is 5.93. The van der Waals surface area contributed by atoms with Crippen LogP contribution in [0.2, 0.25) is 5.02 Å². The quantitative estimate of drug-likeness (QED) is 0.220. The highest BCUT2D eigenvalue weighted by molar-refractivity contribution is 8.18. The van der Waals surface area contributed by atoms with Crippen molar-refractivity contribution < 1.29 is 19.1 Å². The number of rotatable bonds is 6. The summed E-state index contributed by atoms with van der Waals surface area (Å²) in [6.45, 7) is 0.717. The van der Waals surface area contributed by atoms with Crippen LogP contribution >= 0.6 is 23.4 Å². The van der Waals surface area contributed by atoms with Gasteiger partial charge in [0.15, 0.2) is 0 Å². The summed E-state index contributed by atoms with van der Waals surface area (Å²) < 4.78 is 6.90. The Morgan fingerprint density at radius 1 is 0.972 bits per heavy atom. The Hall–Kier alpha value is -3.81. The fraction of sp³-hybridized carbons (Fsp3) is 0.107. The van der Waals surface area contributed by atoms with Crippen LogP contribution in [0.3, 0.4) is 0 Å². The van der Waals surface area contributed by atoms with E-state index in [-0.39, 0.29) is 23.7 Å². The average molecular weight is 517 g/mol. The Morgan fingerprint density at radius 3 is 2.53 bits per heavy atom.